The summed E-state index contributed by atoms with van der Waals surface area (Å²) in [5, 5.41) is 0.409. The zero-order valence-corrected chi connectivity index (χ0v) is 12.9. The molecule has 0 aliphatic heterocycles. The summed E-state index contributed by atoms with van der Waals surface area (Å²) in [6, 6.07) is 11.1. The number of anilines is 1. The Morgan fingerprint density at radius 1 is 1.19 bits per heavy atom. The van der Waals surface area contributed by atoms with E-state index in [4.69, 9.17) is 22.1 Å². The van der Waals surface area contributed by atoms with Gasteiger partial charge in [0.05, 0.1) is 17.7 Å². The first-order valence-corrected chi connectivity index (χ1v) is 7.98. The molecule has 3 N–H and O–H groups in total. The SMILES string of the molecule is COc1ccc(Cl)cc1NS(=O)(=O)c1ccc(CN)cc1. The lowest BCUT2D eigenvalue weighted by Gasteiger charge is -2.12. The van der Waals surface area contributed by atoms with Gasteiger partial charge in [0.25, 0.3) is 10.0 Å². The lowest BCUT2D eigenvalue weighted by atomic mass is 10.2. The summed E-state index contributed by atoms with van der Waals surface area (Å²) < 4.78 is 32.3. The Balaban J connectivity index is 2.34. The number of rotatable bonds is 5. The van der Waals surface area contributed by atoms with Gasteiger partial charge in [-0.2, -0.15) is 0 Å². The van der Waals surface area contributed by atoms with Crippen LogP contribution in [0.2, 0.25) is 5.02 Å². The minimum absolute atomic E-state index is 0.140. The van der Waals surface area contributed by atoms with Crippen molar-refractivity contribution in [2.75, 3.05) is 11.8 Å². The largest absolute Gasteiger partial charge is 0.495 e. The van der Waals surface area contributed by atoms with Crippen molar-refractivity contribution in [3.05, 3.63) is 53.1 Å². The first kappa shape index (κ1) is 15.6. The van der Waals surface area contributed by atoms with Gasteiger partial charge in [-0.25, -0.2) is 8.42 Å². The van der Waals surface area contributed by atoms with Crippen molar-refractivity contribution in [2.45, 2.75) is 11.4 Å². The number of sulfonamides is 1. The van der Waals surface area contributed by atoms with E-state index in [1.54, 1.807) is 24.3 Å². The highest BCUT2D eigenvalue weighted by Crippen LogP contribution is 2.29. The van der Waals surface area contributed by atoms with E-state index in [0.29, 0.717) is 17.3 Å². The van der Waals surface area contributed by atoms with Gasteiger partial charge in [0.1, 0.15) is 5.75 Å². The Hall–Kier alpha value is -1.76. The highest BCUT2D eigenvalue weighted by atomic mass is 35.5. The van der Waals surface area contributed by atoms with Crippen molar-refractivity contribution in [2.24, 2.45) is 5.73 Å². The predicted octanol–water partition coefficient (Wildman–Crippen LogP) is 2.61. The van der Waals surface area contributed by atoms with Gasteiger partial charge in [-0.05, 0) is 35.9 Å². The van der Waals surface area contributed by atoms with Gasteiger partial charge in [0.15, 0.2) is 0 Å². The van der Waals surface area contributed by atoms with Gasteiger partial charge >= 0.3 is 0 Å². The van der Waals surface area contributed by atoms with Crippen molar-refractivity contribution in [1.82, 2.24) is 0 Å². The highest BCUT2D eigenvalue weighted by molar-refractivity contribution is 7.92. The molecule has 0 spiro atoms. The molecule has 0 amide bonds. The van der Waals surface area contributed by atoms with Crippen LogP contribution in [0.4, 0.5) is 5.69 Å². The maximum Gasteiger partial charge on any atom is 0.262 e. The summed E-state index contributed by atoms with van der Waals surface area (Å²) in [5.41, 5.74) is 6.63. The summed E-state index contributed by atoms with van der Waals surface area (Å²) in [6.07, 6.45) is 0. The summed E-state index contributed by atoms with van der Waals surface area (Å²) in [6.45, 7) is 0.357. The second-order valence-electron chi connectivity index (χ2n) is 4.30. The Bertz CT molecular complexity index is 730. The first-order chi connectivity index (χ1) is 9.96. The molecule has 21 heavy (non-hydrogen) atoms. The van der Waals surface area contributed by atoms with E-state index in [-0.39, 0.29) is 10.6 Å². The number of nitrogens with two attached hydrogens (primary N) is 1. The van der Waals surface area contributed by atoms with Crippen LogP contribution in [0.5, 0.6) is 5.75 Å². The maximum atomic E-state index is 12.3. The molecule has 0 saturated carbocycles. The molecule has 7 heteroatoms. The Morgan fingerprint density at radius 2 is 1.86 bits per heavy atom. The van der Waals surface area contributed by atoms with E-state index >= 15 is 0 Å². The number of methoxy groups -OCH3 is 1. The number of ether oxygens (including phenoxy) is 1. The molecular weight excluding hydrogens is 312 g/mol. The molecule has 0 aliphatic rings. The molecule has 0 heterocycles. The fraction of sp³-hybridized carbons (Fsp3) is 0.143. The van der Waals surface area contributed by atoms with Crippen molar-refractivity contribution < 1.29 is 13.2 Å². The van der Waals surface area contributed by atoms with Crippen LogP contribution in [0, 0.1) is 0 Å². The molecule has 0 saturated heterocycles. The van der Waals surface area contributed by atoms with Crippen LogP contribution in [0.1, 0.15) is 5.56 Å². The van der Waals surface area contributed by atoms with Crippen molar-refractivity contribution in [3.8, 4) is 5.75 Å². The van der Waals surface area contributed by atoms with Gasteiger partial charge in [-0.1, -0.05) is 23.7 Å². The third-order valence-electron chi connectivity index (χ3n) is 2.88. The van der Waals surface area contributed by atoms with E-state index in [2.05, 4.69) is 4.72 Å². The molecule has 2 rings (SSSR count). The molecule has 0 aliphatic carbocycles. The molecule has 0 bridgehead atoms. The molecule has 0 aromatic heterocycles. The van der Waals surface area contributed by atoms with Crippen LogP contribution in [0.25, 0.3) is 0 Å². The average Bonchev–Trinajstić information content (AvgIpc) is 2.47. The van der Waals surface area contributed by atoms with Gasteiger partial charge in [-0.3, -0.25) is 4.72 Å². The van der Waals surface area contributed by atoms with Crippen molar-refractivity contribution >= 4 is 27.3 Å². The Morgan fingerprint density at radius 3 is 2.43 bits per heavy atom. The van der Waals surface area contributed by atoms with Gasteiger partial charge in [0.2, 0.25) is 0 Å². The monoisotopic (exact) mass is 326 g/mol. The lowest BCUT2D eigenvalue weighted by molar-refractivity contribution is 0.417. The molecule has 0 atom stereocenters. The number of benzene rings is 2. The summed E-state index contributed by atoms with van der Waals surface area (Å²) in [5.74, 6) is 0.390. The standard InChI is InChI=1S/C14H15ClN2O3S/c1-20-14-7-4-11(15)8-13(14)17-21(18,19)12-5-2-10(9-16)3-6-12/h2-8,17H,9,16H2,1H3. The fourth-order valence-electron chi connectivity index (χ4n) is 1.77. The number of hydrogen-bond donors (Lipinski definition) is 2. The summed E-state index contributed by atoms with van der Waals surface area (Å²) >= 11 is 5.88. The van der Waals surface area contributed by atoms with Crippen LogP contribution >= 0.6 is 11.6 Å². The zero-order valence-electron chi connectivity index (χ0n) is 11.3. The number of halogens is 1. The summed E-state index contributed by atoms with van der Waals surface area (Å²) in [4.78, 5) is 0.140. The number of hydrogen-bond acceptors (Lipinski definition) is 4. The fourth-order valence-corrected chi connectivity index (χ4v) is 3.00. The molecule has 2 aromatic carbocycles. The highest BCUT2D eigenvalue weighted by Gasteiger charge is 2.16. The Labute approximate surface area is 128 Å². The van der Waals surface area contributed by atoms with E-state index in [1.165, 1.54) is 25.3 Å². The molecule has 5 nitrogen and oxygen atoms in total. The van der Waals surface area contributed by atoms with Crippen molar-refractivity contribution in [1.29, 1.82) is 0 Å². The third-order valence-corrected chi connectivity index (χ3v) is 4.49. The topological polar surface area (TPSA) is 81.4 Å². The summed E-state index contributed by atoms with van der Waals surface area (Å²) in [7, 11) is -2.26. The third kappa shape index (κ3) is 3.66. The zero-order chi connectivity index (χ0) is 15.5. The minimum Gasteiger partial charge on any atom is -0.495 e. The normalized spacial score (nSPS) is 11.2. The van der Waals surface area contributed by atoms with Gasteiger partial charge in [0, 0.05) is 11.6 Å². The Kier molecular flexibility index (Phi) is 4.72. The molecule has 2 aromatic rings. The second-order valence-corrected chi connectivity index (χ2v) is 6.42. The van der Waals surface area contributed by atoms with Gasteiger partial charge < -0.3 is 10.5 Å². The van der Waals surface area contributed by atoms with Crippen molar-refractivity contribution in [3.63, 3.8) is 0 Å². The van der Waals surface area contributed by atoms with Crippen LogP contribution in [0.15, 0.2) is 47.4 Å². The molecule has 0 radical (unpaired) electrons. The minimum atomic E-state index is -3.72. The molecule has 0 unspecified atom stereocenters. The van der Waals surface area contributed by atoms with Crippen LogP contribution in [-0.4, -0.2) is 15.5 Å². The quantitative estimate of drug-likeness (QED) is 0.885. The molecular formula is C14H15ClN2O3S. The van der Waals surface area contributed by atoms with E-state index < -0.39 is 10.0 Å². The van der Waals surface area contributed by atoms with Gasteiger partial charge in [-0.15, -0.1) is 0 Å². The van der Waals surface area contributed by atoms with E-state index in [9.17, 15) is 8.42 Å². The molecule has 112 valence electrons. The second kappa shape index (κ2) is 6.34. The van der Waals surface area contributed by atoms with E-state index in [0.717, 1.165) is 5.56 Å². The van der Waals surface area contributed by atoms with Crippen LogP contribution in [-0.2, 0) is 16.6 Å². The number of nitrogens with one attached hydrogen (secondary N) is 1. The average molecular weight is 327 g/mol. The predicted molar refractivity (Wildman–Crippen MR) is 83.1 cm³/mol. The first-order valence-electron chi connectivity index (χ1n) is 6.11. The van der Waals surface area contributed by atoms with Crippen LogP contribution < -0.4 is 15.2 Å². The molecule has 0 fully saturated rings. The maximum absolute atomic E-state index is 12.3. The van der Waals surface area contributed by atoms with E-state index in [1.807, 2.05) is 0 Å². The van der Waals surface area contributed by atoms with Crippen LogP contribution in [0.3, 0.4) is 0 Å². The smallest absolute Gasteiger partial charge is 0.262 e. The lowest BCUT2D eigenvalue weighted by Crippen LogP contribution is -2.13.